The van der Waals surface area contributed by atoms with Crippen molar-refractivity contribution in [3.8, 4) is 10.7 Å². The second-order valence-electron chi connectivity index (χ2n) is 7.64. The first kappa shape index (κ1) is 22.0. The average Bonchev–Trinajstić information content (AvgIpc) is 3.56. The highest BCUT2D eigenvalue weighted by molar-refractivity contribution is 7.99. The number of ether oxygens (including phenoxy) is 1. The van der Waals surface area contributed by atoms with Crippen LogP contribution in [0, 0.1) is 0 Å². The van der Waals surface area contributed by atoms with Crippen molar-refractivity contribution < 1.29 is 9.53 Å². The van der Waals surface area contributed by atoms with Crippen LogP contribution in [0.4, 0.5) is 0 Å². The fraction of sp³-hybridized carbons (Fsp3) is 0.435. The van der Waals surface area contributed by atoms with Crippen molar-refractivity contribution in [2.75, 3.05) is 18.9 Å². The Labute approximate surface area is 191 Å². The lowest BCUT2D eigenvalue weighted by atomic mass is 9.96. The third kappa shape index (κ3) is 5.75. The van der Waals surface area contributed by atoms with E-state index in [0.29, 0.717) is 18.2 Å². The molecule has 1 aliphatic rings. The monoisotopic (exact) mass is 456 g/mol. The maximum absolute atomic E-state index is 12.5. The Bertz CT molecular complexity index is 953. The van der Waals surface area contributed by atoms with Gasteiger partial charge in [-0.15, -0.1) is 21.5 Å². The van der Waals surface area contributed by atoms with E-state index < -0.39 is 0 Å². The number of amides is 1. The van der Waals surface area contributed by atoms with Crippen LogP contribution in [0.1, 0.15) is 37.7 Å². The van der Waals surface area contributed by atoms with Gasteiger partial charge in [0.25, 0.3) is 0 Å². The summed E-state index contributed by atoms with van der Waals surface area (Å²) in [6, 6.07) is 14.4. The van der Waals surface area contributed by atoms with Crippen molar-refractivity contribution in [1.29, 1.82) is 0 Å². The molecule has 1 amide bonds. The molecule has 6 nitrogen and oxygen atoms in total. The maximum Gasteiger partial charge on any atom is 0.230 e. The Morgan fingerprint density at radius 1 is 1.29 bits per heavy atom. The minimum absolute atomic E-state index is 0.0173. The summed E-state index contributed by atoms with van der Waals surface area (Å²) in [5, 5.41) is 14.7. The Kier molecular flexibility index (Phi) is 7.77. The van der Waals surface area contributed by atoms with Gasteiger partial charge in [-0.25, -0.2) is 0 Å². The maximum atomic E-state index is 12.5. The van der Waals surface area contributed by atoms with Gasteiger partial charge in [0.05, 0.1) is 23.3 Å². The zero-order valence-electron chi connectivity index (χ0n) is 17.7. The van der Waals surface area contributed by atoms with Crippen LogP contribution in [0.5, 0.6) is 0 Å². The lowest BCUT2D eigenvalue weighted by Gasteiger charge is -2.16. The summed E-state index contributed by atoms with van der Waals surface area (Å²) in [5.74, 6) is 1.51. The largest absolute Gasteiger partial charge is 0.376 e. The van der Waals surface area contributed by atoms with Crippen LogP contribution < -0.4 is 5.32 Å². The molecule has 1 fully saturated rings. The zero-order valence-corrected chi connectivity index (χ0v) is 19.3. The molecule has 0 bridgehead atoms. The molecule has 3 aromatic rings. The molecule has 1 saturated heterocycles. The SMILES string of the molecule is CCC(CNC(=O)CSc1nnc(-c2cccs2)n1CC1CCCO1)c1ccccc1. The molecule has 0 radical (unpaired) electrons. The zero-order chi connectivity index (χ0) is 21.5. The van der Waals surface area contributed by atoms with E-state index in [-0.39, 0.29) is 12.0 Å². The van der Waals surface area contributed by atoms with Crippen molar-refractivity contribution in [1.82, 2.24) is 20.1 Å². The molecule has 8 heteroatoms. The van der Waals surface area contributed by atoms with Crippen molar-refractivity contribution >= 4 is 29.0 Å². The molecule has 31 heavy (non-hydrogen) atoms. The molecule has 1 aromatic carbocycles. The molecular weight excluding hydrogens is 428 g/mol. The van der Waals surface area contributed by atoms with Gasteiger partial charge in [-0.1, -0.05) is 55.1 Å². The van der Waals surface area contributed by atoms with Gasteiger partial charge in [-0.3, -0.25) is 9.36 Å². The van der Waals surface area contributed by atoms with E-state index in [9.17, 15) is 4.79 Å². The van der Waals surface area contributed by atoms with Gasteiger partial charge in [-0.2, -0.15) is 0 Å². The standard InChI is InChI=1S/C23H28N4O2S2/c1-2-17(18-8-4-3-5-9-18)14-24-21(28)16-31-23-26-25-22(20-11-7-13-30-20)27(23)15-19-10-6-12-29-19/h3-5,7-9,11,13,17,19H,2,6,10,12,14-16H2,1H3,(H,24,28). The summed E-state index contributed by atoms with van der Waals surface area (Å²) in [5.41, 5.74) is 1.26. The van der Waals surface area contributed by atoms with E-state index in [4.69, 9.17) is 4.74 Å². The number of carbonyl (C=O) groups is 1. The van der Waals surface area contributed by atoms with Crippen LogP contribution in [0.25, 0.3) is 10.7 Å². The van der Waals surface area contributed by atoms with Gasteiger partial charge in [0.2, 0.25) is 5.91 Å². The highest BCUT2D eigenvalue weighted by Gasteiger charge is 2.22. The van der Waals surface area contributed by atoms with E-state index in [2.05, 4.69) is 45.2 Å². The topological polar surface area (TPSA) is 69.0 Å². The summed E-state index contributed by atoms with van der Waals surface area (Å²) in [6.45, 7) is 4.32. The summed E-state index contributed by atoms with van der Waals surface area (Å²) in [6.07, 6.45) is 3.30. The van der Waals surface area contributed by atoms with Crippen molar-refractivity contribution in [3.63, 3.8) is 0 Å². The van der Waals surface area contributed by atoms with E-state index >= 15 is 0 Å². The lowest BCUT2D eigenvalue weighted by molar-refractivity contribution is -0.118. The number of carbonyl (C=O) groups excluding carboxylic acids is 1. The van der Waals surface area contributed by atoms with Gasteiger partial charge in [0, 0.05) is 19.1 Å². The van der Waals surface area contributed by atoms with Crippen LogP contribution in [-0.4, -0.2) is 45.7 Å². The average molecular weight is 457 g/mol. The molecule has 1 aliphatic heterocycles. The molecule has 0 spiro atoms. The molecule has 3 heterocycles. The van der Waals surface area contributed by atoms with Gasteiger partial charge in [0.1, 0.15) is 0 Å². The van der Waals surface area contributed by atoms with Crippen LogP contribution in [0.3, 0.4) is 0 Å². The molecular formula is C23H28N4O2S2. The second kappa shape index (κ2) is 10.9. The normalized spacial score (nSPS) is 17.0. The first-order chi connectivity index (χ1) is 15.2. The minimum Gasteiger partial charge on any atom is -0.376 e. The quantitative estimate of drug-likeness (QED) is 0.452. The van der Waals surface area contributed by atoms with E-state index in [0.717, 1.165) is 48.3 Å². The fourth-order valence-electron chi connectivity index (χ4n) is 3.78. The van der Waals surface area contributed by atoms with Crippen LogP contribution in [-0.2, 0) is 16.1 Å². The first-order valence-corrected chi connectivity index (χ1v) is 12.6. The Morgan fingerprint density at radius 2 is 2.16 bits per heavy atom. The van der Waals surface area contributed by atoms with Gasteiger partial charge in [0.15, 0.2) is 11.0 Å². The van der Waals surface area contributed by atoms with Gasteiger partial charge < -0.3 is 10.1 Å². The summed E-state index contributed by atoms with van der Waals surface area (Å²) in [4.78, 5) is 13.6. The van der Waals surface area contributed by atoms with Crippen LogP contribution >= 0.6 is 23.1 Å². The van der Waals surface area contributed by atoms with Crippen molar-refractivity contribution in [2.45, 2.75) is 49.9 Å². The molecule has 1 N–H and O–H groups in total. The highest BCUT2D eigenvalue weighted by Crippen LogP contribution is 2.29. The number of nitrogens with zero attached hydrogens (tertiary/aromatic N) is 3. The number of thiophene rings is 1. The third-order valence-corrected chi connectivity index (χ3v) is 7.34. The third-order valence-electron chi connectivity index (χ3n) is 5.51. The van der Waals surface area contributed by atoms with Crippen molar-refractivity contribution in [2.24, 2.45) is 0 Å². The number of rotatable bonds is 10. The molecule has 164 valence electrons. The minimum atomic E-state index is 0.0173. The van der Waals surface area contributed by atoms with E-state index in [1.54, 1.807) is 11.3 Å². The lowest BCUT2D eigenvalue weighted by Crippen LogP contribution is -2.29. The molecule has 2 atom stereocenters. The Morgan fingerprint density at radius 3 is 2.87 bits per heavy atom. The fourth-order valence-corrected chi connectivity index (χ4v) is 5.28. The number of aromatic nitrogens is 3. The predicted molar refractivity (Wildman–Crippen MR) is 126 cm³/mol. The molecule has 0 saturated carbocycles. The van der Waals surface area contributed by atoms with Gasteiger partial charge in [-0.05, 0) is 36.3 Å². The van der Waals surface area contributed by atoms with E-state index in [1.807, 2.05) is 29.6 Å². The van der Waals surface area contributed by atoms with Crippen LogP contribution in [0.15, 0.2) is 53.0 Å². The molecule has 4 rings (SSSR count). The van der Waals surface area contributed by atoms with Crippen molar-refractivity contribution in [3.05, 3.63) is 53.4 Å². The van der Waals surface area contributed by atoms with E-state index in [1.165, 1.54) is 17.3 Å². The number of thioether (sulfide) groups is 1. The summed E-state index contributed by atoms with van der Waals surface area (Å²) >= 11 is 3.08. The molecule has 2 aromatic heterocycles. The summed E-state index contributed by atoms with van der Waals surface area (Å²) < 4.78 is 7.95. The van der Waals surface area contributed by atoms with Crippen LogP contribution in [0.2, 0.25) is 0 Å². The smallest absolute Gasteiger partial charge is 0.230 e. The predicted octanol–water partition coefficient (Wildman–Crippen LogP) is 4.59. The summed E-state index contributed by atoms with van der Waals surface area (Å²) in [7, 11) is 0. The number of nitrogens with one attached hydrogen (secondary N) is 1. The number of hydrogen-bond donors (Lipinski definition) is 1. The number of hydrogen-bond acceptors (Lipinski definition) is 6. The Balaban J connectivity index is 1.37. The molecule has 2 unspecified atom stereocenters. The van der Waals surface area contributed by atoms with Gasteiger partial charge >= 0.3 is 0 Å². The Hall–Kier alpha value is -2.16. The second-order valence-corrected chi connectivity index (χ2v) is 9.53. The molecule has 0 aliphatic carbocycles. The highest BCUT2D eigenvalue weighted by atomic mass is 32.2. The number of benzene rings is 1. The first-order valence-electron chi connectivity index (χ1n) is 10.8.